The highest BCUT2D eigenvalue weighted by Gasteiger charge is 2.20. The Hall–Kier alpha value is -4.32. The average Bonchev–Trinajstić information content (AvgIpc) is 3.27. The normalized spacial score (nSPS) is 11.0. The fraction of sp³-hybridized carbons (Fsp3) is 0.0400. The Morgan fingerprint density at radius 2 is 1.61 bits per heavy atom. The first-order valence-corrected chi connectivity index (χ1v) is 9.70. The highest BCUT2D eigenvalue weighted by Crippen LogP contribution is 2.34. The molecule has 0 amide bonds. The predicted octanol–water partition coefficient (Wildman–Crippen LogP) is 5.03. The summed E-state index contributed by atoms with van der Waals surface area (Å²) in [6, 6.07) is 24.1. The van der Waals surface area contributed by atoms with Crippen molar-refractivity contribution in [1.82, 2.24) is 9.78 Å². The van der Waals surface area contributed by atoms with Crippen molar-refractivity contribution in [2.45, 2.75) is 0 Å². The van der Waals surface area contributed by atoms with E-state index in [2.05, 4.69) is 5.10 Å². The van der Waals surface area contributed by atoms with Gasteiger partial charge in [0.05, 0.1) is 12.5 Å². The SMILES string of the molecule is COc1ccc(-c2nn(-c3oc4ccccc4c(=O)c3O)cc2-c2ccccc2)cc1. The zero-order valence-electron chi connectivity index (χ0n) is 16.6. The van der Waals surface area contributed by atoms with Crippen molar-refractivity contribution < 1.29 is 14.3 Å². The van der Waals surface area contributed by atoms with Gasteiger partial charge in [-0.3, -0.25) is 4.79 Å². The van der Waals surface area contributed by atoms with Gasteiger partial charge in [-0.1, -0.05) is 42.5 Å². The molecule has 6 heteroatoms. The van der Waals surface area contributed by atoms with Gasteiger partial charge >= 0.3 is 0 Å². The molecule has 0 saturated carbocycles. The summed E-state index contributed by atoms with van der Waals surface area (Å²) in [5, 5.41) is 15.6. The number of hydrogen-bond acceptors (Lipinski definition) is 5. The second kappa shape index (κ2) is 7.50. The molecule has 5 aromatic rings. The van der Waals surface area contributed by atoms with Crippen molar-refractivity contribution in [3.05, 3.63) is 95.3 Å². The number of nitrogens with zero attached hydrogens (tertiary/aromatic N) is 2. The van der Waals surface area contributed by atoms with E-state index in [1.165, 1.54) is 4.68 Å². The lowest BCUT2D eigenvalue weighted by atomic mass is 10.0. The van der Waals surface area contributed by atoms with E-state index in [0.717, 1.165) is 22.4 Å². The van der Waals surface area contributed by atoms with Crippen LogP contribution in [0.3, 0.4) is 0 Å². The molecule has 6 nitrogen and oxygen atoms in total. The number of methoxy groups -OCH3 is 1. The van der Waals surface area contributed by atoms with E-state index in [9.17, 15) is 9.90 Å². The third kappa shape index (κ3) is 3.24. The summed E-state index contributed by atoms with van der Waals surface area (Å²) in [5.74, 6) is 0.227. The lowest BCUT2D eigenvalue weighted by Crippen LogP contribution is -2.06. The van der Waals surface area contributed by atoms with Crippen LogP contribution in [0.25, 0.3) is 39.2 Å². The van der Waals surface area contributed by atoms with Crippen molar-refractivity contribution in [2.75, 3.05) is 7.11 Å². The van der Waals surface area contributed by atoms with Gasteiger partial charge in [-0.05, 0) is 42.0 Å². The number of ether oxygens (including phenoxy) is 1. The minimum Gasteiger partial charge on any atom is -0.500 e. The molecule has 0 fully saturated rings. The van der Waals surface area contributed by atoms with Gasteiger partial charge in [-0.15, -0.1) is 0 Å². The summed E-state index contributed by atoms with van der Waals surface area (Å²) in [5.41, 5.74) is 3.20. The van der Waals surface area contributed by atoms with Crippen molar-refractivity contribution >= 4 is 11.0 Å². The van der Waals surface area contributed by atoms with E-state index in [1.54, 1.807) is 37.6 Å². The molecule has 5 rings (SSSR count). The van der Waals surface area contributed by atoms with Gasteiger partial charge in [0.25, 0.3) is 5.88 Å². The van der Waals surface area contributed by atoms with Crippen molar-refractivity contribution in [3.8, 4) is 39.8 Å². The largest absolute Gasteiger partial charge is 0.500 e. The van der Waals surface area contributed by atoms with Crippen LogP contribution in [-0.2, 0) is 0 Å². The van der Waals surface area contributed by atoms with E-state index in [0.29, 0.717) is 16.7 Å². The molecular weight excluding hydrogens is 392 g/mol. The second-order valence-electron chi connectivity index (χ2n) is 7.01. The molecule has 0 spiro atoms. The minimum absolute atomic E-state index is 0.0272. The third-order valence-electron chi connectivity index (χ3n) is 5.13. The Labute approximate surface area is 177 Å². The summed E-state index contributed by atoms with van der Waals surface area (Å²) in [6.07, 6.45) is 1.75. The molecule has 0 unspecified atom stereocenters. The standard InChI is InChI=1S/C25H18N2O4/c1-30-18-13-11-17(12-14-18)22-20(16-7-3-2-4-8-16)15-27(26-22)25-24(29)23(28)19-9-5-6-10-21(19)31-25/h2-15,29H,1H3. The highest BCUT2D eigenvalue weighted by atomic mass is 16.5. The smallest absolute Gasteiger partial charge is 0.267 e. The molecule has 1 N–H and O–H groups in total. The maximum Gasteiger partial charge on any atom is 0.267 e. The maximum absolute atomic E-state index is 12.7. The molecule has 2 heterocycles. The van der Waals surface area contributed by atoms with Crippen LogP contribution in [-0.4, -0.2) is 22.0 Å². The van der Waals surface area contributed by atoms with Crippen LogP contribution in [0, 0.1) is 0 Å². The minimum atomic E-state index is -0.500. The lowest BCUT2D eigenvalue weighted by molar-refractivity contribution is 0.415. The Morgan fingerprint density at radius 3 is 2.35 bits per heavy atom. The lowest BCUT2D eigenvalue weighted by Gasteiger charge is -2.05. The summed E-state index contributed by atoms with van der Waals surface area (Å²) < 4.78 is 12.5. The van der Waals surface area contributed by atoms with Gasteiger partial charge in [-0.2, -0.15) is 5.10 Å². The molecule has 0 aliphatic carbocycles. The number of benzene rings is 3. The number of para-hydroxylation sites is 1. The van der Waals surface area contributed by atoms with Crippen LogP contribution in [0.5, 0.6) is 11.5 Å². The van der Waals surface area contributed by atoms with Crippen molar-refractivity contribution in [1.29, 1.82) is 0 Å². The molecule has 3 aromatic carbocycles. The van der Waals surface area contributed by atoms with Gasteiger partial charge in [0, 0.05) is 17.3 Å². The first-order chi connectivity index (χ1) is 15.2. The zero-order chi connectivity index (χ0) is 21.4. The van der Waals surface area contributed by atoms with Crippen molar-refractivity contribution in [3.63, 3.8) is 0 Å². The second-order valence-corrected chi connectivity index (χ2v) is 7.01. The van der Waals surface area contributed by atoms with E-state index < -0.39 is 11.2 Å². The molecule has 152 valence electrons. The molecule has 0 saturated heterocycles. The molecule has 2 aromatic heterocycles. The van der Waals surface area contributed by atoms with Crippen molar-refractivity contribution in [2.24, 2.45) is 0 Å². The monoisotopic (exact) mass is 410 g/mol. The number of hydrogen-bond donors (Lipinski definition) is 1. The molecule has 0 aliphatic rings. The highest BCUT2D eigenvalue weighted by molar-refractivity contribution is 5.82. The van der Waals surface area contributed by atoms with Gasteiger partial charge in [0.2, 0.25) is 11.2 Å². The van der Waals surface area contributed by atoms with Gasteiger partial charge in [0.1, 0.15) is 17.0 Å². The van der Waals surface area contributed by atoms with E-state index in [1.807, 2.05) is 54.6 Å². The van der Waals surface area contributed by atoms with Crippen LogP contribution in [0.1, 0.15) is 0 Å². The number of rotatable bonds is 4. The van der Waals surface area contributed by atoms with Gasteiger partial charge in [0.15, 0.2) is 0 Å². The van der Waals surface area contributed by atoms with Gasteiger partial charge in [-0.25, -0.2) is 4.68 Å². The maximum atomic E-state index is 12.7. The Balaban J connectivity index is 1.74. The molecule has 0 bridgehead atoms. The summed E-state index contributed by atoms with van der Waals surface area (Å²) in [7, 11) is 1.61. The van der Waals surface area contributed by atoms with Gasteiger partial charge < -0.3 is 14.3 Å². The zero-order valence-corrected chi connectivity index (χ0v) is 16.6. The predicted molar refractivity (Wildman–Crippen MR) is 119 cm³/mol. The van der Waals surface area contributed by atoms with E-state index in [-0.39, 0.29) is 5.88 Å². The molecule has 31 heavy (non-hydrogen) atoms. The molecule has 0 radical (unpaired) electrons. The first kappa shape index (κ1) is 18.7. The topological polar surface area (TPSA) is 77.5 Å². The molecule has 0 atom stereocenters. The van der Waals surface area contributed by atoms with Crippen LogP contribution in [0.4, 0.5) is 0 Å². The Bertz CT molecular complexity index is 1430. The summed E-state index contributed by atoms with van der Waals surface area (Å²) in [6.45, 7) is 0. The summed E-state index contributed by atoms with van der Waals surface area (Å²) >= 11 is 0. The molecule has 0 aliphatic heterocycles. The Morgan fingerprint density at radius 1 is 0.903 bits per heavy atom. The number of aromatic hydroxyl groups is 1. The summed E-state index contributed by atoms with van der Waals surface area (Å²) in [4.78, 5) is 12.7. The quantitative estimate of drug-likeness (QED) is 0.450. The van der Waals surface area contributed by atoms with Crippen LogP contribution >= 0.6 is 0 Å². The molecular formula is C25H18N2O4. The fourth-order valence-corrected chi connectivity index (χ4v) is 3.54. The fourth-order valence-electron chi connectivity index (χ4n) is 3.54. The number of aromatic nitrogens is 2. The average molecular weight is 410 g/mol. The number of fused-ring (bicyclic) bond motifs is 1. The van der Waals surface area contributed by atoms with E-state index >= 15 is 0 Å². The first-order valence-electron chi connectivity index (χ1n) is 9.70. The van der Waals surface area contributed by atoms with Crippen LogP contribution < -0.4 is 10.2 Å². The van der Waals surface area contributed by atoms with Crippen LogP contribution in [0.15, 0.2) is 94.3 Å². The van der Waals surface area contributed by atoms with Crippen LogP contribution in [0.2, 0.25) is 0 Å². The Kier molecular flexibility index (Phi) is 4.52. The van der Waals surface area contributed by atoms with E-state index in [4.69, 9.17) is 9.15 Å². The third-order valence-corrected chi connectivity index (χ3v) is 5.13.